The number of rotatable bonds is 4. The van der Waals surface area contributed by atoms with E-state index in [0.29, 0.717) is 12.0 Å². The third kappa shape index (κ3) is 3.77. The third-order valence-electron chi connectivity index (χ3n) is 4.54. The molecule has 0 bridgehead atoms. The minimum atomic E-state index is -4.30. The number of hydrogen-bond donors (Lipinski definition) is 1. The number of likely N-dealkylation sites (tertiary alicyclic amines) is 1. The molecule has 1 saturated heterocycles. The summed E-state index contributed by atoms with van der Waals surface area (Å²) in [6, 6.07) is 5.28. The molecule has 1 heterocycles. The van der Waals surface area contributed by atoms with Crippen LogP contribution in [0.1, 0.15) is 37.8 Å². The largest absolute Gasteiger partial charge is 0.416 e. The molecule has 0 aromatic heterocycles. The van der Waals surface area contributed by atoms with Gasteiger partial charge in [-0.15, -0.1) is 0 Å². The highest BCUT2D eigenvalue weighted by Crippen LogP contribution is 2.30. The van der Waals surface area contributed by atoms with Gasteiger partial charge in [0.1, 0.15) is 0 Å². The second kappa shape index (κ2) is 5.97. The SMILES string of the molecule is CC(C)(C(N)Cc1cccc(C(F)(F)F)c1)N1CCCC1. The minimum Gasteiger partial charge on any atom is -0.326 e. The number of nitrogens with zero attached hydrogens (tertiary/aromatic N) is 1. The van der Waals surface area contributed by atoms with E-state index in [-0.39, 0.29) is 11.6 Å². The van der Waals surface area contributed by atoms with Crippen LogP contribution in [0.5, 0.6) is 0 Å². The molecule has 1 unspecified atom stereocenters. The molecule has 2 nitrogen and oxygen atoms in total. The van der Waals surface area contributed by atoms with Gasteiger partial charge in [-0.1, -0.05) is 18.2 Å². The van der Waals surface area contributed by atoms with Gasteiger partial charge in [-0.25, -0.2) is 0 Å². The molecular formula is C16H23F3N2. The van der Waals surface area contributed by atoms with Crippen LogP contribution in [0.2, 0.25) is 0 Å². The lowest BCUT2D eigenvalue weighted by atomic mass is 9.88. The lowest BCUT2D eigenvalue weighted by molar-refractivity contribution is -0.137. The predicted octanol–water partition coefficient (Wildman–Crippen LogP) is 3.45. The van der Waals surface area contributed by atoms with Crippen LogP contribution in [-0.4, -0.2) is 29.6 Å². The smallest absolute Gasteiger partial charge is 0.326 e. The first-order valence-electron chi connectivity index (χ1n) is 7.38. The van der Waals surface area contributed by atoms with Crippen molar-refractivity contribution in [1.29, 1.82) is 0 Å². The first-order chi connectivity index (χ1) is 9.71. The molecule has 0 radical (unpaired) electrons. The van der Waals surface area contributed by atoms with Crippen LogP contribution in [-0.2, 0) is 12.6 Å². The van der Waals surface area contributed by atoms with Crippen LogP contribution in [0.15, 0.2) is 24.3 Å². The van der Waals surface area contributed by atoms with E-state index in [4.69, 9.17) is 5.73 Å². The molecule has 0 saturated carbocycles. The van der Waals surface area contributed by atoms with E-state index in [2.05, 4.69) is 18.7 Å². The van der Waals surface area contributed by atoms with E-state index >= 15 is 0 Å². The minimum absolute atomic E-state index is 0.195. The highest BCUT2D eigenvalue weighted by molar-refractivity contribution is 5.26. The van der Waals surface area contributed by atoms with Crippen LogP contribution < -0.4 is 5.73 Å². The Hall–Kier alpha value is -1.07. The number of hydrogen-bond acceptors (Lipinski definition) is 2. The fraction of sp³-hybridized carbons (Fsp3) is 0.625. The Balaban J connectivity index is 2.10. The van der Waals surface area contributed by atoms with Gasteiger partial charge in [0.2, 0.25) is 0 Å². The molecule has 1 fully saturated rings. The van der Waals surface area contributed by atoms with Gasteiger partial charge in [-0.2, -0.15) is 13.2 Å². The Bertz CT molecular complexity index is 477. The molecule has 1 aliphatic rings. The summed E-state index contributed by atoms with van der Waals surface area (Å²) in [5, 5.41) is 0. The summed E-state index contributed by atoms with van der Waals surface area (Å²) in [7, 11) is 0. The number of alkyl halides is 3. The van der Waals surface area contributed by atoms with E-state index in [9.17, 15) is 13.2 Å². The van der Waals surface area contributed by atoms with E-state index in [1.807, 2.05) is 0 Å². The molecule has 21 heavy (non-hydrogen) atoms. The zero-order valence-corrected chi connectivity index (χ0v) is 12.6. The topological polar surface area (TPSA) is 29.3 Å². The van der Waals surface area contributed by atoms with Crippen molar-refractivity contribution in [3.63, 3.8) is 0 Å². The molecule has 1 aromatic rings. The summed E-state index contributed by atoms with van der Waals surface area (Å²) in [6.07, 6.45) is -1.52. The molecular weight excluding hydrogens is 277 g/mol. The highest BCUT2D eigenvalue weighted by Gasteiger charge is 2.35. The van der Waals surface area contributed by atoms with Crippen LogP contribution in [0.4, 0.5) is 13.2 Å². The highest BCUT2D eigenvalue weighted by atomic mass is 19.4. The van der Waals surface area contributed by atoms with Crippen LogP contribution in [0.25, 0.3) is 0 Å². The lowest BCUT2D eigenvalue weighted by Gasteiger charge is -2.40. The Labute approximate surface area is 124 Å². The molecule has 118 valence electrons. The molecule has 1 aromatic carbocycles. The molecule has 0 spiro atoms. The molecule has 2 N–H and O–H groups in total. The second-order valence-corrected chi connectivity index (χ2v) is 6.36. The average molecular weight is 300 g/mol. The molecule has 1 atom stereocenters. The normalized spacial score (nSPS) is 19.0. The molecule has 0 aliphatic carbocycles. The molecule has 0 amide bonds. The molecule has 5 heteroatoms. The standard InChI is InChI=1S/C16H23F3N2/c1-15(2,21-8-3-4-9-21)14(20)11-12-6-5-7-13(10-12)16(17,18)19/h5-7,10,14H,3-4,8-9,11,20H2,1-2H3. The zero-order valence-electron chi connectivity index (χ0n) is 12.6. The number of benzene rings is 1. The Morgan fingerprint density at radius 1 is 1.19 bits per heavy atom. The van der Waals surface area contributed by atoms with Crippen molar-refractivity contribution < 1.29 is 13.2 Å². The number of halogens is 3. The summed E-state index contributed by atoms with van der Waals surface area (Å²) in [5.41, 5.74) is 6.13. The van der Waals surface area contributed by atoms with Crippen LogP contribution >= 0.6 is 0 Å². The van der Waals surface area contributed by atoms with Crippen molar-refractivity contribution in [3.05, 3.63) is 35.4 Å². The summed E-state index contributed by atoms with van der Waals surface area (Å²) in [6.45, 7) is 6.19. The molecule has 2 rings (SSSR count). The van der Waals surface area contributed by atoms with Gasteiger partial charge in [-0.05, 0) is 57.8 Å². The summed E-state index contributed by atoms with van der Waals surface area (Å²) < 4.78 is 38.2. The maximum Gasteiger partial charge on any atom is 0.416 e. The van der Waals surface area contributed by atoms with Gasteiger partial charge >= 0.3 is 6.18 Å². The van der Waals surface area contributed by atoms with Gasteiger partial charge in [0, 0.05) is 11.6 Å². The Morgan fingerprint density at radius 2 is 1.81 bits per heavy atom. The van der Waals surface area contributed by atoms with Crippen molar-refractivity contribution in [2.45, 2.75) is 50.9 Å². The summed E-state index contributed by atoms with van der Waals surface area (Å²) in [4.78, 5) is 2.34. The first kappa shape index (κ1) is 16.3. The zero-order chi connectivity index (χ0) is 15.7. The van der Waals surface area contributed by atoms with Gasteiger partial charge in [-0.3, -0.25) is 4.90 Å². The molecule has 1 aliphatic heterocycles. The van der Waals surface area contributed by atoms with Crippen molar-refractivity contribution >= 4 is 0 Å². The van der Waals surface area contributed by atoms with Crippen LogP contribution in [0, 0.1) is 0 Å². The van der Waals surface area contributed by atoms with Crippen molar-refractivity contribution in [2.24, 2.45) is 5.73 Å². The van der Waals surface area contributed by atoms with Crippen molar-refractivity contribution in [2.75, 3.05) is 13.1 Å². The van der Waals surface area contributed by atoms with E-state index in [1.165, 1.54) is 25.0 Å². The van der Waals surface area contributed by atoms with Crippen molar-refractivity contribution in [1.82, 2.24) is 4.90 Å². The summed E-state index contributed by atoms with van der Waals surface area (Å²) >= 11 is 0. The monoisotopic (exact) mass is 300 g/mol. The number of nitrogens with two attached hydrogens (primary N) is 1. The maximum atomic E-state index is 12.7. The fourth-order valence-electron chi connectivity index (χ4n) is 2.91. The lowest BCUT2D eigenvalue weighted by Crippen LogP contribution is -2.55. The van der Waals surface area contributed by atoms with Crippen LogP contribution in [0.3, 0.4) is 0 Å². The predicted molar refractivity (Wildman–Crippen MR) is 78.0 cm³/mol. The van der Waals surface area contributed by atoms with Gasteiger partial charge < -0.3 is 5.73 Å². The first-order valence-corrected chi connectivity index (χ1v) is 7.38. The third-order valence-corrected chi connectivity index (χ3v) is 4.54. The van der Waals surface area contributed by atoms with E-state index in [1.54, 1.807) is 6.07 Å². The van der Waals surface area contributed by atoms with E-state index in [0.717, 1.165) is 19.2 Å². The quantitative estimate of drug-likeness (QED) is 0.923. The van der Waals surface area contributed by atoms with Crippen molar-refractivity contribution in [3.8, 4) is 0 Å². The summed E-state index contributed by atoms with van der Waals surface area (Å²) in [5.74, 6) is 0. The van der Waals surface area contributed by atoms with Gasteiger partial charge in [0.25, 0.3) is 0 Å². The van der Waals surface area contributed by atoms with Gasteiger partial charge in [0.05, 0.1) is 5.56 Å². The Morgan fingerprint density at radius 3 is 2.38 bits per heavy atom. The fourth-order valence-corrected chi connectivity index (χ4v) is 2.91. The van der Waals surface area contributed by atoms with E-state index < -0.39 is 11.7 Å². The second-order valence-electron chi connectivity index (χ2n) is 6.36. The Kier molecular flexibility index (Phi) is 4.63. The van der Waals surface area contributed by atoms with Gasteiger partial charge in [0.15, 0.2) is 0 Å². The maximum absolute atomic E-state index is 12.7. The average Bonchev–Trinajstić information content (AvgIpc) is 2.92.